The molecular formula is C18H32N2Na2O6. The summed E-state index contributed by atoms with van der Waals surface area (Å²) >= 11 is 0. The minimum atomic E-state index is -1.44. The van der Waals surface area contributed by atoms with E-state index in [9.17, 15) is 29.7 Å². The normalized spacial score (nSPS) is 10.5. The fourth-order valence-electron chi connectivity index (χ4n) is 2.99. The molecule has 152 valence electrons. The maximum absolute atomic E-state index is 11.8. The van der Waals surface area contributed by atoms with Crippen molar-refractivity contribution in [3.05, 3.63) is 0 Å². The maximum Gasteiger partial charge on any atom is 1.00 e. The van der Waals surface area contributed by atoms with Crippen LogP contribution in [0.2, 0.25) is 0 Å². The molecule has 0 bridgehead atoms. The number of aliphatic carboxylic acids is 2. The van der Waals surface area contributed by atoms with Crippen LogP contribution in [0, 0.1) is 0 Å². The zero-order valence-electron chi connectivity index (χ0n) is 17.8. The van der Waals surface area contributed by atoms with E-state index in [0.717, 1.165) is 19.3 Å². The van der Waals surface area contributed by atoms with Crippen LogP contribution in [-0.2, 0) is 14.4 Å². The number of carboxylic acid groups (broad SMARTS) is 2. The van der Waals surface area contributed by atoms with Crippen molar-refractivity contribution in [1.29, 1.82) is 0 Å². The van der Waals surface area contributed by atoms with Gasteiger partial charge in [0.1, 0.15) is 13.1 Å². The van der Waals surface area contributed by atoms with Crippen molar-refractivity contribution >= 4 is 17.8 Å². The first kappa shape index (κ1) is 33.0. The van der Waals surface area contributed by atoms with Crippen molar-refractivity contribution in [2.75, 3.05) is 39.3 Å². The number of unbranched alkanes of at least 4 members (excludes halogenated alkanes) is 6. The monoisotopic (exact) mass is 418 g/mol. The first-order chi connectivity index (χ1) is 12.3. The predicted octanol–water partition coefficient (Wildman–Crippen LogP) is -8.07. The number of quaternary nitrogens is 1. The van der Waals surface area contributed by atoms with Gasteiger partial charge in [-0.15, -0.1) is 0 Å². The maximum atomic E-state index is 11.8. The summed E-state index contributed by atoms with van der Waals surface area (Å²) in [6.07, 6.45) is 8.10. The quantitative estimate of drug-likeness (QED) is 0.142. The van der Waals surface area contributed by atoms with Crippen LogP contribution in [-0.4, -0.2) is 61.7 Å². The molecule has 0 aromatic rings. The van der Waals surface area contributed by atoms with Crippen molar-refractivity contribution in [1.82, 2.24) is 5.32 Å². The third-order valence-corrected chi connectivity index (χ3v) is 4.41. The molecule has 0 saturated carbocycles. The molecule has 0 aromatic heterocycles. The largest absolute Gasteiger partial charge is 1.00 e. The standard InChI is InChI=1S/C18H34N2O6.2Na/c1-2-3-4-5-6-7-8-9-16(22)19-10-11-20(12-13-21,14-17(23)24)15-18(25)26;;/h2-15H2,1H3,(H,19,22)(H,23,24)(H,25,26);;/q;2*+1/p-2. The van der Waals surface area contributed by atoms with Gasteiger partial charge in [0, 0.05) is 6.42 Å². The van der Waals surface area contributed by atoms with Crippen LogP contribution in [0.5, 0.6) is 0 Å². The zero-order valence-corrected chi connectivity index (χ0v) is 21.8. The van der Waals surface area contributed by atoms with E-state index >= 15 is 0 Å². The van der Waals surface area contributed by atoms with E-state index < -0.39 is 36.1 Å². The Morgan fingerprint density at radius 1 is 0.821 bits per heavy atom. The summed E-state index contributed by atoms with van der Waals surface area (Å²) in [6, 6.07) is 0. The molecule has 1 amide bonds. The zero-order chi connectivity index (χ0) is 19.8. The van der Waals surface area contributed by atoms with Gasteiger partial charge in [0.05, 0.1) is 31.6 Å². The van der Waals surface area contributed by atoms with E-state index in [1.807, 2.05) is 0 Å². The van der Waals surface area contributed by atoms with E-state index in [-0.39, 0.29) is 84.7 Å². The van der Waals surface area contributed by atoms with Crippen molar-refractivity contribution in [3.8, 4) is 0 Å². The first-order valence-electron chi connectivity index (χ1n) is 9.45. The molecule has 0 atom stereocenters. The summed E-state index contributed by atoms with van der Waals surface area (Å²) < 4.78 is -0.480. The van der Waals surface area contributed by atoms with Gasteiger partial charge in [0.25, 0.3) is 0 Å². The molecule has 0 unspecified atom stereocenters. The molecule has 1 N–H and O–H groups in total. The first-order valence-corrected chi connectivity index (χ1v) is 9.45. The Labute approximate surface area is 212 Å². The molecule has 0 aromatic carbocycles. The fourth-order valence-corrected chi connectivity index (χ4v) is 2.99. The molecular weight excluding hydrogens is 386 g/mol. The SMILES string of the molecule is CCCCCCCCCC(=O)NCC[N+](CC[O-])(CC(=O)[O-])CC(=O)[O-].[Na+].[Na+]. The predicted molar refractivity (Wildman–Crippen MR) is 90.2 cm³/mol. The van der Waals surface area contributed by atoms with Crippen molar-refractivity contribution in [3.63, 3.8) is 0 Å². The second kappa shape index (κ2) is 20.6. The van der Waals surface area contributed by atoms with E-state index in [2.05, 4.69) is 12.2 Å². The molecule has 0 rings (SSSR count). The third kappa shape index (κ3) is 18.4. The van der Waals surface area contributed by atoms with Crippen LogP contribution in [0.3, 0.4) is 0 Å². The molecule has 0 fully saturated rings. The summed E-state index contributed by atoms with van der Waals surface area (Å²) in [4.78, 5) is 33.6. The topological polar surface area (TPSA) is 132 Å². The molecule has 0 heterocycles. The van der Waals surface area contributed by atoms with Crippen molar-refractivity contribution in [2.45, 2.75) is 58.3 Å². The third-order valence-electron chi connectivity index (χ3n) is 4.41. The van der Waals surface area contributed by atoms with Crippen LogP contribution in [0.15, 0.2) is 0 Å². The van der Waals surface area contributed by atoms with Crippen molar-refractivity contribution < 1.29 is 93.3 Å². The Hall–Kier alpha value is 0.330. The number of hydrogen-bond acceptors (Lipinski definition) is 6. The van der Waals surface area contributed by atoms with Gasteiger partial charge in [-0.2, -0.15) is 0 Å². The molecule has 0 aliphatic heterocycles. The summed E-state index contributed by atoms with van der Waals surface area (Å²) in [6.45, 7) is 0.327. The van der Waals surface area contributed by atoms with Gasteiger partial charge < -0.3 is 34.7 Å². The van der Waals surface area contributed by atoms with Crippen LogP contribution >= 0.6 is 0 Å². The fraction of sp³-hybridized carbons (Fsp3) is 0.833. The molecule has 0 saturated heterocycles. The Kier molecular flexibility index (Phi) is 24.3. The number of hydrogen-bond donors (Lipinski definition) is 1. The van der Waals surface area contributed by atoms with Gasteiger partial charge in [-0.05, 0) is 6.42 Å². The number of rotatable bonds is 17. The smallest absolute Gasteiger partial charge is 0.850 e. The summed E-state index contributed by atoms with van der Waals surface area (Å²) in [5.74, 6) is -3.02. The van der Waals surface area contributed by atoms with Gasteiger partial charge in [0.15, 0.2) is 0 Å². The number of nitrogens with one attached hydrogen (secondary N) is 1. The summed E-state index contributed by atoms with van der Waals surface area (Å²) in [5, 5.41) is 35.4. The van der Waals surface area contributed by atoms with Gasteiger partial charge in [-0.3, -0.25) is 4.79 Å². The molecule has 10 heteroatoms. The summed E-state index contributed by atoms with van der Waals surface area (Å²) in [7, 11) is 0. The van der Waals surface area contributed by atoms with E-state index in [1.54, 1.807) is 0 Å². The van der Waals surface area contributed by atoms with Crippen LogP contribution in [0.4, 0.5) is 0 Å². The van der Waals surface area contributed by atoms with Gasteiger partial charge in [-0.25, -0.2) is 0 Å². The second-order valence-corrected chi connectivity index (χ2v) is 6.77. The number of nitrogens with zero attached hydrogens (tertiary/aromatic N) is 1. The molecule has 0 spiro atoms. The Morgan fingerprint density at radius 2 is 1.32 bits per heavy atom. The number of carbonyl (C=O) groups is 3. The van der Waals surface area contributed by atoms with E-state index in [4.69, 9.17) is 0 Å². The average Bonchev–Trinajstić information content (AvgIpc) is 2.53. The van der Waals surface area contributed by atoms with E-state index in [1.165, 1.54) is 25.7 Å². The van der Waals surface area contributed by atoms with Gasteiger partial charge in [-0.1, -0.05) is 52.1 Å². The molecule has 0 aliphatic carbocycles. The number of amides is 1. The number of carbonyl (C=O) groups excluding carboxylic acids is 3. The Morgan fingerprint density at radius 3 is 1.79 bits per heavy atom. The van der Waals surface area contributed by atoms with Crippen LogP contribution in [0.1, 0.15) is 58.3 Å². The van der Waals surface area contributed by atoms with Gasteiger partial charge >= 0.3 is 59.1 Å². The average molecular weight is 418 g/mol. The number of carboxylic acids is 2. The van der Waals surface area contributed by atoms with Crippen molar-refractivity contribution in [2.24, 2.45) is 0 Å². The van der Waals surface area contributed by atoms with E-state index in [0.29, 0.717) is 6.42 Å². The summed E-state index contributed by atoms with van der Waals surface area (Å²) in [5.41, 5.74) is 0. The second-order valence-electron chi connectivity index (χ2n) is 6.77. The molecule has 28 heavy (non-hydrogen) atoms. The molecule has 0 aliphatic rings. The van der Waals surface area contributed by atoms with Crippen LogP contribution in [0.25, 0.3) is 0 Å². The van der Waals surface area contributed by atoms with Crippen LogP contribution < -0.4 is 79.8 Å². The minimum absolute atomic E-state index is 0. The minimum Gasteiger partial charge on any atom is -0.850 e. The molecule has 8 nitrogen and oxygen atoms in total. The molecule has 0 radical (unpaired) electrons. The van der Waals surface area contributed by atoms with Gasteiger partial charge in [0.2, 0.25) is 5.91 Å². The Balaban J connectivity index is -0.00000312. The Bertz CT molecular complexity index is 422.